The topological polar surface area (TPSA) is 81.7 Å². The second kappa shape index (κ2) is 5.76. The Labute approximate surface area is 142 Å². The first kappa shape index (κ1) is 15.4. The molecule has 4 rings (SSSR count). The molecule has 1 saturated heterocycles. The third-order valence-corrected chi connectivity index (χ3v) is 4.22. The molecule has 3 heterocycles. The van der Waals surface area contributed by atoms with Gasteiger partial charge in [0.25, 0.3) is 5.91 Å². The summed E-state index contributed by atoms with van der Waals surface area (Å²) in [6, 6.07) is 7.31. The van der Waals surface area contributed by atoms with E-state index in [1.165, 1.54) is 16.9 Å². The summed E-state index contributed by atoms with van der Waals surface area (Å²) in [6.45, 7) is 2.44. The van der Waals surface area contributed by atoms with Crippen molar-refractivity contribution in [1.82, 2.24) is 30.0 Å². The Bertz CT molecular complexity index is 948. The summed E-state index contributed by atoms with van der Waals surface area (Å²) < 4.78 is 15.0. The lowest BCUT2D eigenvalue weighted by molar-refractivity contribution is -0.120. The van der Waals surface area contributed by atoms with Crippen LogP contribution in [0.1, 0.15) is 18.2 Å². The molecular weight excluding hydrogens is 325 g/mol. The van der Waals surface area contributed by atoms with Gasteiger partial charge in [0.05, 0.1) is 5.69 Å². The van der Waals surface area contributed by atoms with E-state index in [0.717, 1.165) is 11.5 Å². The average Bonchev–Trinajstić information content (AvgIpc) is 3.26. The molecule has 9 heteroatoms. The SMILES string of the molecule is Cc1cc(N2CCC(n3nnc(-c4cccc(F)c4)n3)C2=O)n(C)n1. The van der Waals surface area contributed by atoms with E-state index in [9.17, 15) is 9.18 Å². The highest BCUT2D eigenvalue weighted by atomic mass is 19.1. The van der Waals surface area contributed by atoms with E-state index in [1.807, 2.05) is 13.0 Å². The summed E-state index contributed by atoms with van der Waals surface area (Å²) in [5.74, 6) is 0.562. The molecule has 1 unspecified atom stereocenters. The maximum atomic E-state index is 13.3. The Hall–Kier alpha value is -3.10. The van der Waals surface area contributed by atoms with E-state index >= 15 is 0 Å². The molecule has 1 aliphatic rings. The first-order valence-corrected chi connectivity index (χ1v) is 7.90. The van der Waals surface area contributed by atoms with E-state index in [4.69, 9.17) is 0 Å². The zero-order valence-corrected chi connectivity index (χ0v) is 13.8. The van der Waals surface area contributed by atoms with Crippen LogP contribution in [0.25, 0.3) is 11.4 Å². The number of aromatic nitrogens is 6. The van der Waals surface area contributed by atoms with E-state index in [0.29, 0.717) is 24.4 Å². The van der Waals surface area contributed by atoms with Gasteiger partial charge in [0.2, 0.25) is 5.82 Å². The Balaban J connectivity index is 1.59. The molecule has 0 bridgehead atoms. The van der Waals surface area contributed by atoms with Crippen molar-refractivity contribution in [2.45, 2.75) is 19.4 Å². The summed E-state index contributed by atoms with van der Waals surface area (Å²) in [7, 11) is 1.80. The van der Waals surface area contributed by atoms with E-state index < -0.39 is 6.04 Å². The minimum absolute atomic E-state index is 0.105. The molecule has 1 aliphatic heterocycles. The molecule has 0 spiro atoms. The van der Waals surface area contributed by atoms with Crippen LogP contribution in [0.4, 0.5) is 10.2 Å². The van der Waals surface area contributed by atoms with Crippen LogP contribution in [0.5, 0.6) is 0 Å². The van der Waals surface area contributed by atoms with Gasteiger partial charge >= 0.3 is 0 Å². The standard InChI is InChI=1S/C16H16FN7O/c1-10-8-14(22(2)19-10)23-7-6-13(16(23)25)24-20-15(18-21-24)11-4-3-5-12(17)9-11/h3-5,8-9,13H,6-7H2,1-2H3. The van der Waals surface area contributed by atoms with Gasteiger partial charge in [0.1, 0.15) is 11.6 Å². The zero-order chi connectivity index (χ0) is 17.6. The summed E-state index contributed by atoms with van der Waals surface area (Å²) in [6.07, 6.45) is 0.571. The Morgan fingerprint density at radius 3 is 2.80 bits per heavy atom. The molecule has 1 fully saturated rings. The van der Waals surface area contributed by atoms with E-state index in [-0.39, 0.29) is 11.7 Å². The summed E-state index contributed by atoms with van der Waals surface area (Å²) in [4.78, 5) is 15.8. The molecule has 8 nitrogen and oxygen atoms in total. The maximum Gasteiger partial charge on any atom is 0.255 e. The molecule has 1 atom stereocenters. The molecule has 0 saturated carbocycles. The van der Waals surface area contributed by atoms with Crippen molar-refractivity contribution in [3.05, 3.63) is 41.8 Å². The highest BCUT2D eigenvalue weighted by Gasteiger charge is 2.37. The van der Waals surface area contributed by atoms with Crippen molar-refractivity contribution >= 4 is 11.7 Å². The molecule has 0 radical (unpaired) electrons. The molecule has 1 amide bonds. The molecule has 3 aromatic rings. The molecule has 1 aromatic carbocycles. The largest absolute Gasteiger partial charge is 0.295 e. The lowest BCUT2D eigenvalue weighted by atomic mass is 10.2. The highest BCUT2D eigenvalue weighted by molar-refractivity contribution is 5.97. The lowest BCUT2D eigenvalue weighted by Crippen LogP contribution is -2.30. The normalized spacial score (nSPS) is 17.5. The first-order chi connectivity index (χ1) is 12.0. The summed E-state index contributed by atoms with van der Waals surface area (Å²) in [5.41, 5.74) is 1.37. The van der Waals surface area contributed by atoms with Crippen LogP contribution in [0, 0.1) is 12.7 Å². The van der Waals surface area contributed by atoms with Crippen LogP contribution in [0.3, 0.4) is 0 Å². The molecular formula is C16H16FN7O. The number of rotatable bonds is 3. The molecule has 2 aromatic heterocycles. The van der Waals surface area contributed by atoms with Gasteiger partial charge in [0, 0.05) is 25.2 Å². The number of anilines is 1. The van der Waals surface area contributed by atoms with Gasteiger partial charge in [-0.2, -0.15) is 9.90 Å². The number of benzene rings is 1. The van der Waals surface area contributed by atoms with Crippen LogP contribution < -0.4 is 4.90 Å². The fraction of sp³-hybridized carbons (Fsp3) is 0.312. The predicted octanol–water partition coefficient (Wildman–Crippen LogP) is 1.50. The quantitative estimate of drug-likeness (QED) is 0.721. The highest BCUT2D eigenvalue weighted by Crippen LogP contribution is 2.28. The van der Waals surface area contributed by atoms with Crippen LogP contribution >= 0.6 is 0 Å². The Morgan fingerprint density at radius 1 is 1.24 bits per heavy atom. The fourth-order valence-electron chi connectivity index (χ4n) is 3.06. The van der Waals surface area contributed by atoms with Gasteiger partial charge in [-0.3, -0.25) is 14.4 Å². The summed E-state index contributed by atoms with van der Waals surface area (Å²) >= 11 is 0. The smallest absolute Gasteiger partial charge is 0.255 e. The van der Waals surface area contributed by atoms with Gasteiger partial charge in [-0.15, -0.1) is 10.2 Å². The number of halogens is 1. The van der Waals surface area contributed by atoms with Crippen molar-refractivity contribution in [2.24, 2.45) is 7.05 Å². The van der Waals surface area contributed by atoms with Crippen molar-refractivity contribution in [3.8, 4) is 11.4 Å². The van der Waals surface area contributed by atoms with Gasteiger partial charge in [-0.25, -0.2) is 4.39 Å². The number of carbonyl (C=O) groups is 1. The molecule has 25 heavy (non-hydrogen) atoms. The second-order valence-electron chi connectivity index (χ2n) is 6.01. The van der Waals surface area contributed by atoms with Crippen LogP contribution in [0.15, 0.2) is 30.3 Å². The van der Waals surface area contributed by atoms with Crippen molar-refractivity contribution in [3.63, 3.8) is 0 Å². The minimum Gasteiger partial charge on any atom is -0.295 e. The number of aryl methyl sites for hydroxylation is 2. The average molecular weight is 341 g/mol. The van der Waals surface area contributed by atoms with Crippen molar-refractivity contribution < 1.29 is 9.18 Å². The second-order valence-corrected chi connectivity index (χ2v) is 6.01. The van der Waals surface area contributed by atoms with Crippen molar-refractivity contribution in [1.29, 1.82) is 0 Å². The fourth-order valence-corrected chi connectivity index (χ4v) is 3.06. The number of carbonyl (C=O) groups excluding carboxylic acids is 1. The van der Waals surface area contributed by atoms with Gasteiger partial charge < -0.3 is 0 Å². The minimum atomic E-state index is -0.523. The number of nitrogens with zero attached hydrogens (tertiary/aromatic N) is 7. The first-order valence-electron chi connectivity index (χ1n) is 7.90. The van der Waals surface area contributed by atoms with Gasteiger partial charge in [-0.1, -0.05) is 12.1 Å². The molecule has 128 valence electrons. The Kier molecular flexibility index (Phi) is 3.56. The summed E-state index contributed by atoms with van der Waals surface area (Å²) in [5, 5.41) is 16.5. The van der Waals surface area contributed by atoms with Crippen LogP contribution in [-0.2, 0) is 11.8 Å². The third-order valence-electron chi connectivity index (χ3n) is 4.22. The number of amides is 1. The molecule has 0 aliphatic carbocycles. The third kappa shape index (κ3) is 2.67. The molecule has 0 N–H and O–H groups in total. The van der Waals surface area contributed by atoms with Gasteiger partial charge in [0.15, 0.2) is 6.04 Å². The Morgan fingerprint density at radius 2 is 2.08 bits per heavy atom. The van der Waals surface area contributed by atoms with Crippen LogP contribution in [-0.4, -0.2) is 42.4 Å². The lowest BCUT2D eigenvalue weighted by Gasteiger charge is -2.15. The maximum absolute atomic E-state index is 13.3. The monoisotopic (exact) mass is 341 g/mol. The predicted molar refractivity (Wildman–Crippen MR) is 87.2 cm³/mol. The van der Waals surface area contributed by atoms with E-state index in [1.54, 1.807) is 28.8 Å². The van der Waals surface area contributed by atoms with E-state index in [2.05, 4.69) is 20.5 Å². The van der Waals surface area contributed by atoms with Crippen molar-refractivity contribution in [2.75, 3.05) is 11.4 Å². The number of hydrogen-bond acceptors (Lipinski definition) is 5. The van der Waals surface area contributed by atoms with Gasteiger partial charge in [-0.05, 0) is 30.7 Å². The number of hydrogen-bond donors (Lipinski definition) is 0. The number of tetrazole rings is 1. The van der Waals surface area contributed by atoms with Crippen LogP contribution in [0.2, 0.25) is 0 Å². The zero-order valence-electron chi connectivity index (χ0n) is 13.8.